The molecule has 0 radical (unpaired) electrons. The summed E-state index contributed by atoms with van der Waals surface area (Å²) in [4.78, 5) is 0. The second-order valence-corrected chi connectivity index (χ2v) is 5.61. The van der Waals surface area contributed by atoms with Crippen LogP contribution in [0.5, 0.6) is 0 Å². The molecule has 0 bridgehead atoms. The summed E-state index contributed by atoms with van der Waals surface area (Å²) in [5.41, 5.74) is 4.92. The predicted octanol–water partition coefficient (Wildman–Crippen LogP) is 3.71. The van der Waals surface area contributed by atoms with Gasteiger partial charge in [0.25, 0.3) is 0 Å². The van der Waals surface area contributed by atoms with Gasteiger partial charge in [0.15, 0.2) is 0 Å². The maximum atomic E-state index is 5.18. The van der Waals surface area contributed by atoms with Crippen LogP contribution in [0.1, 0.15) is 41.5 Å². The number of hydrogen-bond donors (Lipinski definition) is 1. The zero-order valence-corrected chi connectivity index (χ0v) is 12.9. The Labute approximate surface area is 121 Å². The van der Waals surface area contributed by atoms with Crippen LogP contribution in [0.15, 0.2) is 28.8 Å². The van der Waals surface area contributed by atoms with Crippen LogP contribution >= 0.6 is 0 Å². The highest BCUT2D eigenvalue weighted by Gasteiger charge is 2.10. The summed E-state index contributed by atoms with van der Waals surface area (Å²) in [6.45, 7) is 9.16. The van der Waals surface area contributed by atoms with Gasteiger partial charge >= 0.3 is 0 Å². The summed E-state index contributed by atoms with van der Waals surface area (Å²) < 4.78 is 5.18. The van der Waals surface area contributed by atoms with Gasteiger partial charge in [-0.3, -0.25) is 0 Å². The highest BCUT2D eigenvalue weighted by atomic mass is 16.5. The Morgan fingerprint density at radius 1 is 1.25 bits per heavy atom. The molecule has 3 nitrogen and oxygen atoms in total. The standard InChI is InChI=1S/C17H24N2O/c1-12-6-5-7-16(10-12)9-8-13(2)18-11-17-14(3)19-20-15(17)4/h5-7,10,13,18H,8-9,11H2,1-4H3. The molecule has 1 heterocycles. The summed E-state index contributed by atoms with van der Waals surface area (Å²) in [5, 5.41) is 7.53. The van der Waals surface area contributed by atoms with E-state index >= 15 is 0 Å². The lowest BCUT2D eigenvalue weighted by Crippen LogP contribution is -2.26. The average molecular weight is 272 g/mol. The second-order valence-electron chi connectivity index (χ2n) is 5.61. The van der Waals surface area contributed by atoms with Gasteiger partial charge in [-0.2, -0.15) is 0 Å². The maximum Gasteiger partial charge on any atom is 0.138 e. The Morgan fingerprint density at radius 3 is 2.70 bits per heavy atom. The van der Waals surface area contributed by atoms with E-state index in [2.05, 4.69) is 48.6 Å². The molecule has 0 saturated heterocycles. The Hall–Kier alpha value is -1.61. The summed E-state index contributed by atoms with van der Waals surface area (Å²) >= 11 is 0. The average Bonchev–Trinajstić information content (AvgIpc) is 2.74. The van der Waals surface area contributed by atoms with Crippen molar-refractivity contribution >= 4 is 0 Å². The molecular formula is C17H24N2O. The fourth-order valence-corrected chi connectivity index (χ4v) is 2.38. The lowest BCUT2D eigenvalue weighted by Gasteiger charge is -2.13. The van der Waals surface area contributed by atoms with E-state index < -0.39 is 0 Å². The molecule has 0 spiro atoms. The van der Waals surface area contributed by atoms with Crippen molar-refractivity contribution < 1.29 is 4.52 Å². The van der Waals surface area contributed by atoms with Crippen LogP contribution in [0, 0.1) is 20.8 Å². The molecule has 2 rings (SSSR count). The van der Waals surface area contributed by atoms with E-state index in [4.69, 9.17) is 4.52 Å². The van der Waals surface area contributed by atoms with Crippen molar-refractivity contribution in [3.63, 3.8) is 0 Å². The fraction of sp³-hybridized carbons (Fsp3) is 0.471. The molecule has 0 aliphatic carbocycles. The van der Waals surface area contributed by atoms with Gasteiger partial charge in [-0.05, 0) is 46.1 Å². The van der Waals surface area contributed by atoms with E-state index in [1.165, 1.54) is 16.7 Å². The van der Waals surface area contributed by atoms with E-state index in [9.17, 15) is 0 Å². The number of nitrogens with one attached hydrogen (secondary N) is 1. The maximum absolute atomic E-state index is 5.18. The minimum atomic E-state index is 0.476. The number of benzene rings is 1. The van der Waals surface area contributed by atoms with Gasteiger partial charge in [0, 0.05) is 18.2 Å². The third-order valence-electron chi connectivity index (χ3n) is 3.76. The summed E-state index contributed by atoms with van der Waals surface area (Å²) in [6.07, 6.45) is 2.24. The molecular weight excluding hydrogens is 248 g/mol. The van der Waals surface area contributed by atoms with E-state index in [-0.39, 0.29) is 0 Å². The normalized spacial score (nSPS) is 12.6. The van der Waals surface area contributed by atoms with Crippen molar-refractivity contribution in [2.24, 2.45) is 0 Å². The molecule has 20 heavy (non-hydrogen) atoms. The number of hydrogen-bond acceptors (Lipinski definition) is 3. The SMILES string of the molecule is Cc1cccc(CCC(C)NCc2c(C)noc2C)c1. The van der Waals surface area contributed by atoms with Crippen LogP contribution in [0.25, 0.3) is 0 Å². The molecule has 0 saturated carbocycles. The zero-order valence-electron chi connectivity index (χ0n) is 12.9. The van der Waals surface area contributed by atoms with Gasteiger partial charge in [-0.1, -0.05) is 35.0 Å². The van der Waals surface area contributed by atoms with Crippen LogP contribution in [0.2, 0.25) is 0 Å². The largest absolute Gasteiger partial charge is 0.361 e. The van der Waals surface area contributed by atoms with Crippen molar-refractivity contribution in [1.82, 2.24) is 10.5 Å². The first kappa shape index (κ1) is 14.8. The summed E-state index contributed by atoms with van der Waals surface area (Å²) in [7, 11) is 0. The van der Waals surface area contributed by atoms with Crippen LogP contribution in [0.4, 0.5) is 0 Å². The minimum Gasteiger partial charge on any atom is -0.361 e. The van der Waals surface area contributed by atoms with Crippen molar-refractivity contribution in [1.29, 1.82) is 0 Å². The lowest BCUT2D eigenvalue weighted by atomic mass is 10.0. The molecule has 1 N–H and O–H groups in total. The first-order chi connectivity index (χ1) is 9.56. The van der Waals surface area contributed by atoms with Crippen LogP contribution in [0.3, 0.4) is 0 Å². The first-order valence-electron chi connectivity index (χ1n) is 7.27. The van der Waals surface area contributed by atoms with Crippen LogP contribution in [-0.2, 0) is 13.0 Å². The highest BCUT2D eigenvalue weighted by Crippen LogP contribution is 2.13. The molecule has 3 heteroatoms. The lowest BCUT2D eigenvalue weighted by molar-refractivity contribution is 0.391. The van der Waals surface area contributed by atoms with Crippen molar-refractivity contribution in [3.05, 3.63) is 52.4 Å². The monoisotopic (exact) mass is 272 g/mol. The molecule has 0 amide bonds. The van der Waals surface area contributed by atoms with Gasteiger partial charge < -0.3 is 9.84 Å². The smallest absolute Gasteiger partial charge is 0.138 e. The molecule has 2 aromatic rings. The second kappa shape index (κ2) is 6.71. The highest BCUT2D eigenvalue weighted by molar-refractivity contribution is 5.22. The van der Waals surface area contributed by atoms with E-state index in [0.717, 1.165) is 30.8 Å². The van der Waals surface area contributed by atoms with Crippen molar-refractivity contribution in [2.75, 3.05) is 0 Å². The minimum absolute atomic E-state index is 0.476. The van der Waals surface area contributed by atoms with Crippen molar-refractivity contribution in [3.8, 4) is 0 Å². The number of rotatable bonds is 6. The van der Waals surface area contributed by atoms with Gasteiger partial charge in [-0.15, -0.1) is 0 Å². The van der Waals surface area contributed by atoms with Gasteiger partial charge in [0.2, 0.25) is 0 Å². The quantitative estimate of drug-likeness (QED) is 0.871. The number of nitrogens with zero attached hydrogens (tertiary/aromatic N) is 1. The first-order valence-corrected chi connectivity index (χ1v) is 7.27. The molecule has 1 aromatic carbocycles. The predicted molar refractivity (Wildman–Crippen MR) is 81.8 cm³/mol. The molecule has 1 unspecified atom stereocenters. The third-order valence-corrected chi connectivity index (χ3v) is 3.76. The third kappa shape index (κ3) is 3.94. The van der Waals surface area contributed by atoms with E-state index in [0.29, 0.717) is 6.04 Å². The molecule has 0 aliphatic rings. The number of aryl methyl sites for hydroxylation is 4. The summed E-state index contributed by atoms with van der Waals surface area (Å²) in [6, 6.07) is 9.22. The summed E-state index contributed by atoms with van der Waals surface area (Å²) in [5.74, 6) is 0.917. The van der Waals surface area contributed by atoms with E-state index in [1.54, 1.807) is 0 Å². The number of aromatic nitrogens is 1. The molecule has 1 aromatic heterocycles. The van der Waals surface area contributed by atoms with Crippen LogP contribution < -0.4 is 5.32 Å². The topological polar surface area (TPSA) is 38.1 Å². The Morgan fingerprint density at radius 2 is 2.05 bits per heavy atom. The van der Waals surface area contributed by atoms with Gasteiger partial charge in [0.05, 0.1) is 5.69 Å². The Balaban J connectivity index is 1.80. The molecule has 1 atom stereocenters. The Kier molecular flexibility index (Phi) is 4.96. The molecule has 108 valence electrons. The van der Waals surface area contributed by atoms with Gasteiger partial charge in [-0.25, -0.2) is 0 Å². The zero-order chi connectivity index (χ0) is 14.5. The molecule has 0 fully saturated rings. The fourth-order valence-electron chi connectivity index (χ4n) is 2.38. The van der Waals surface area contributed by atoms with Gasteiger partial charge in [0.1, 0.15) is 5.76 Å². The van der Waals surface area contributed by atoms with Crippen LogP contribution in [-0.4, -0.2) is 11.2 Å². The van der Waals surface area contributed by atoms with E-state index in [1.807, 2.05) is 13.8 Å². The Bertz CT molecular complexity index is 540. The molecule has 0 aliphatic heterocycles. The van der Waals surface area contributed by atoms with Crippen molar-refractivity contribution in [2.45, 2.75) is 53.1 Å².